The monoisotopic (exact) mass is 304 g/mol. The number of aliphatic carboxylic acids is 1. The van der Waals surface area contributed by atoms with Crippen molar-refractivity contribution < 1.29 is 14.7 Å². The van der Waals surface area contributed by atoms with Gasteiger partial charge in [0.2, 0.25) is 5.91 Å². The van der Waals surface area contributed by atoms with Gasteiger partial charge in [-0.3, -0.25) is 9.20 Å². The molecule has 0 aromatic carbocycles. The van der Waals surface area contributed by atoms with Crippen molar-refractivity contribution >= 4 is 17.5 Å². The number of nitrogens with zero attached hydrogens (tertiary/aromatic N) is 3. The third-order valence-electron chi connectivity index (χ3n) is 3.68. The van der Waals surface area contributed by atoms with E-state index in [2.05, 4.69) is 10.4 Å². The molecule has 22 heavy (non-hydrogen) atoms. The maximum absolute atomic E-state index is 12.0. The van der Waals surface area contributed by atoms with Crippen LogP contribution in [0.15, 0.2) is 29.2 Å². The van der Waals surface area contributed by atoms with Gasteiger partial charge in [-0.1, -0.05) is 18.9 Å². The smallest absolute Gasteiger partial charge is 0.350 e. The van der Waals surface area contributed by atoms with E-state index in [4.69, 9.17) is 5.11 Å². The quantitative estimate of drug-likeness (QED) is 0.773. The molecule has 2 N–H and O–H groups in total. The molecule has 0 bridgehead atoms. The number of aromatic nitrogens is 3. The number of hydrogen-bond acceptors (Lipinski definition) is 4. The van der Waals surface area contributed by atoms with Crippen LogP contribution in [0.1, 0.15) is 19.3 Å². The average Bonchev–Trinajstić information content (AvgIpc) is 3.24. The summed E-state index contributed by atoms with van der Waals surface area (Å²) in [4.78, 5) is 35.2. The number of amides is 1. The van der Waals surface area contributed by atoms with Gasteiger partial charge in [0.15, 0.2) is 5.65 Å². The van der Waals surface area contributed by atoms with Gasteiger partial charge in [0, 0.05) is 6.20 Å². The zero-order chi connectivity index (χ0) is 15.7. The molecule has 8 heteroatoms. The van der Waals surface area contributed by atoms with Gasteiger partial charge in [-0.15, -0.1) is 5.10 Å². The average molecular weight is 304 g/mol. The van der Waals surface area contributed by atoms with Gasteiger partial charge in [-0.25, -0.2) is 14.3 Å². The van der Waals surface area contributed by atoms with Crippen LogP contribution in [0.5, 0.6) is 0 Å². The highest BCUT2D eigenvalue weighted by atomic mass is 16.4. The first kappa shape index (κ1) is 14.3. The van der Waals surface area contributed by atoms with Gasteiger partial charge in [-0.2, -0.15) is 0 Å². The number of pyridine rings is 1. The molecule has 0 aliphatic heterocycles. The van der Waals surface area contributed by atoms with Crippen LogP contribution >= 0.6 is 0 Å². The lowest BCUT2D eigenvalue weighted by Gasteiger charge is -2.13. The summed E-state index contributed by atoms with van der Waals surface area (Å²) in [5.74, 6) is -1.21. The fraction of sp³-hybridized carbons (Fsp3) is 0.429. The first-order valence-corrected chi connectivity index (χ1v) is 7.11. The highest BCUT2D eigenvalue weighted by Crippen LogP contribution is 2.33. The summed E-state index contributed by atoms with van der Waals surface area (Å²) in [5, 5.41) is 15.6. The Bertz CT molecular complexity index is 774. The lowest BCUT2D eigenvalue weighted by molar-refractivity contribution is -0.142. The Kier molecular flexibility index (Phi) is 3.66. The van der Waals surface area contributed by atoms with Crippen LogP contribution in [-0.2, 0) is 16.1 Å². The molecule has 1 fully saturated rings. The van der Waals surface area contributed by atoms with Gasteiger partial charge < -0.3 is 10.4 Å². The molecule has 1 unspecified atom stereocenters. The molecule has 2 aromatic heterocycles. The molecular formula is C14H16N4O4. The first-order valence-electron chi connectivity index (χ1n) is 7.11. The van der Waals surface area contributed by atoms with Crippen LogP contribution in [0.25, 0.3) is 5.65 Å². The fourth-order valence-corrected chi connectivity index (χ4v) is 2.36. The second-order valence-corrected chi connectivity index (χ2v) is 5.51. The molecule has 0 radical (unpaired) electrons. The molecule has 2 aromatic rings. The van der Waals surface area contributed by atoms with Crippen molar-refractivity contribution in [3.63, 3.8) is 0 Å². The van der Waals surface area contributed by atoms with Crippen molar-refractivity contribution in [3.05, 3.63) is 34.9 Å². The molecule has 3 rings (SSSR count). The molecule has 0 saturated heterocycles. The predicted octanol–water partition coefficient (Wildman–Crippen LogP) is -0.135. The molecule has 116 valence electrons. The minimum Gasteiger partial charge on any atom is -0.480 e. The highest BCUT2D eigenvalue weighted by molar-refractivity contribution is 5.83. The van der Waals surface area contributed by atoms with E-state index < -0.39 is 23.6 Å². The standard InChI is InChI=1S/C14H16N4O4/c19-12(15-10(13(20)21)7-9-4-5-9)8-18-14(22)17-6-2-1-3-11(17)16-18/h1-3,6,9-10H,4-5,7-8H2,(H,15,19)(H,20,21). The van der Waals surface area contributed by atoms with E-state index in [9.17, 15) is 14.4 Å². The van der Waals surface area contributed by atoms with Crippen LogP contribution in [0.3, 0.4) is 0 Å². The summed E-state index contributed by atoms with van der Waals surface area (Å²) in [6.07, 6.45) is 4.00. The molecule has 0 spiro atoms. The van der Waals surface area contributed by atoms with E-state index in [0.29, 0.717) is 18.0 Å². The molecule has 1 amide bonds. The number of carboxylic acid groups (broad SMARTS) is 1. The number of nitrogens with one attached hydrogen (secondary N) is 1. The number of rotatable bonds is 6. The van der Waals surface area contributed by atoms with E-state index in [-0.39, 0.29) is 6.54 Å². The summed E-state index contributed by atoms with van der Waals surface area (Å²) >= 11 is 0. The minimum atomic E-state index is -1.05. The van der Waals surface area contributed by atoms with Crippen molar-refractivity contribution in [2.24, 2.45) is 5.92 Å². The summed E-state index contributed by atoms with van der Waals surface area (Å²) in [6, 6.07) is 4.18. The topological polar surface area (TPSA) is 106 Å². The molecule has 1 aliphatic carbocycles. The largest absolute Gasteiger partial charge is 0.480 e. The SMILES string of the molecule is O=C(Cn1nc2ccccn2c1=O)NC(CC1CC1)C(=O)O. The molecule has 8 nitrogen and oxygen atoms in total. The number of hydrogen-bond donors (Lipinski definition) is 2. The van der Waals surface area contributed by atoms with E-state index in [1.165, 1.54) is 4.40 Å². The Hall–Kier alpha value is -2.64. The van der Waals surface area contributed by atoms with Gasteiger partial charge in [0.25, 0.3) is 0 Å². The minimum absolute atomic E-state index is 0.297. The Morgan fingerprint density at radius 1 is 1.41 bits per heavy atom. The summed E-state index contributed by atoms with van der Waals surface area (Å²) in [7, 11) is 0. The van der Waals surface area contributed by atoms with Crippen LogP contribution in [0.2, 0.25) is 0 Å². The number of carbonyl (C=O) groups excluding carboxylic acids is 1. The van der Waals surface area contributed by atoms with E-state index in [1.807, 2.05) is 0 Å². The fourth-order valence-electron chi connectivity index (χ4n) is 2.36. The highest BCUT2D eigenvalue weighted by Gasteiger charge is 2.30. The molecule has 2 heterocycles. The van der Waals surface area contributed by atoms with Crippen LogP contribution in [0.4, 0.5) is 0 Å². The zero-order valence-corrected chi connectivity index (χ0v) is 11.8. The number of fused-ring (bicyclic) bond motifs is 1. The molecule has 1 atom stereocenters. The second-order valence-electron chi connectivity index (χ2n) is 5.51. The van der Waals surface area contributed by atoms with Crippen LogP contribution < -0.4 is 11.0 Å². The molecule has 1 saturated carbocycles. The predicted molar refractivity (Wildman–Crippen MR) is 76.4 cm³/mol. The van der Waals surface area contributed by atoms with Gasteiger partial charge in [-0.05, 0) is 24.5 Å². The maximum atomic E-state index is 12.0. The summed E-state index contributed by atoms with van der Waals surface area (Å²) in [6.45, 7) is -0.297. The van der Waals surface area contributed by atoms with Crippen molar-refractivity contribution in [1.82, 2.24) is 19.5 Å². The van der Waals surface area contributed by atoms with Gasteiger partial charge in [0.05, 0.1) is 0 Å². The number of carbonyl (C=O) groups is 2. The van der Waals surface area contributed by atoms with E-state index in [0.717, 1.165) is 17.5 Å². The Morgan fingerprint density at radius 3 is 2.82 bits per heavy atom. The third-order valence-corrected chi connectivity index (χ3v) is 3.68. The maximum Gasteiger partial charge on any atom is 0.350 e. The first-order chi connectivity index (χ1) is 10.5. The van der Waals surface area contributed by atoms with Crippen molar-refractivity contribution in [1.29, 1.82) is 0 Å². The molecular weight excluding hydrogens is 288 g/mol. The number of carboxylic acids is 1. The van der Waals surface area contributed by atoms with Gasteiger partial charge in [0.1, 0.15) is 12.6 Å². The molecule has 1 aliphatic rings. The van der Waals surface area contributed by atoms with Gasteiger partial charge >= 0.3 is 11.7 Å². The lowest BCUT2D eigenvalue weighted by Crippen LogP contribution is -2.43. The second kappa shape index (κ2) is 5.63. The Labute approximate surface area is 125 Å². The van der Waals surface area contributed by atoms with Crippen molar-refractivity contribution in [3.8, 4) is 0 Å². The lowest BCUT2D eigenvalue weighted by atomic mass is 10.1. The van der Waals surface area contributed by atoms with E-state index in [1.54, 1.807) is 24.4 Å². The van der Waals surface area contributed by atoms with Crippen LogP contribution in [0, 0.1) is 5.92 Å². The van der Waals surface area contributed by atoms with Crippen molar-refractivity contribution in [2.75, 3.05) is 0 Å². The zero-order valence-electron chi connectivity index (χ0n) is 11.8. The summed E-state index contributed by atoms with van der Waals surface area (Å²) < 4.78 is 2.35. The van der Waals surface area contributed by atoms with Crippen molar-refractivity contribution in [2.45, 2.75) is 31.8 Å². The Morgan fingerprint density at radius 2 is 2.18 bits per heavy atom. The van der Waals surface area contributed by atoms with E-state index >= 15 is 0 Å². The Balaban J connectivity index is 1.70. The third kappa shape index (κ3) is 3.00. The van der Waals surface area contributed by atoms with Crippen LogP contribution in [-0.4, -0.2) is 37.2 Å². The normalized spacial score (nSPS) is 15.6. The summed E-state index contributed by atoms with van der Waals surface area (Å²) in [5.41, 5.74) is 0.00730.